The van der Waals surface area contributed by atoms with Crippen molar-refractivity contribution in [2.24, 2.45) is 0 Å². The Balaban J connectivity index is 2.26. The van der Waals surface area contributed by atoms with E-state index in [0.29, 0.717) is 10.6 Å². The first-order valence-corrected chi connectivity index (χ1v) is 9.65. The molecule has 0 saturated heterocycles. The van der Waals surface area contributed by atoms with Crippen LogP contribution in [0.15, 0.2) is 23.1 Å². The Bertz CT molecular complexity index is 839. The third-order valence-corrected chi connectivity index (χ3v) is 6.07. The molecule has 0 radical (unpaired) electrons. The SMILES string of the molecule is CCCc1nc(C)c(C(=O)NS(=O)(=O)c2ccc(C)c(C)c2)s1. The van der Waals surface area contributed by atoms with Crippen LogP contribution in [0.2, 0.25) is 0 Å². The Morgan fingerprint density at radius 2 is 1.91 bits per heavy atom. The number of benzene rings is 1. The van der Waals surface area contributed by atoms with E-state index in [0.717, 1.165) is 29.0 Å². The minimum absolute atomic E-state index is 0.0879. The number of thiazole rings is 1. The van der Waals surface area contributed by atoms with Crippen LogP contribution in [-0.2, 0) is 16.4 Å². The third-order valence-electron chi connectivity index (χ3n) is 3.53. The Morgan fingerprint density at radius 3 is 2.52 bits per heavy atom. The zero-order chi connectivity index (χ0) is 17.2. The summed E-state index contributed by atoms with van der Waals surface area (Å²) in [7, 11) is -3.89. The van der Waals surface area contributed by atoms with Crippen molar-refractivity contribution in [2.75, 3.05) is 0 Å². The number of hydrogen-bond acceptors (Lipinski definition) is 5. The zero-order valence-electron chi connectivity index (χ0n) is 13.6. The van der Waals surface area contributed by atoms with Crippen LogP contribution >= 0.6 is 11.3 Å². The molecular weight excluding hydrogens is 332 g/mol. The van der Waals surface area contributed by atoms with E-state index in [1.807, 2.05) is 20.8 Å². The lowest BCUT2D eigenvalue weighted by atomic mass is 10.1. The lowest BCUT2D eigenvalue weighted by molar-refractivity contribution is 0.0984. The van der Waals surface area contributed by atoms with Gasteiger partial charge in [-0.25, -0.2) is 18.1 Å². The van der Waals surface area contributed by atoms with Crippen LogP contribution in [0.5, 0.6) is 0 Å². The Morgan fingerprint density at radius 1 is 1.22 bits per heavy atom. The molecule has 0 unspecified atom stereocenters. The molecule has 5 nitrogen and oxygen atoms in total. The van der Waals surface area contributed by atoms with Crippen LogP contribution in [0, 0.1) is 20.8 Å². The molecule has 0 spiro atoms. The number of carbonyl (C=O) groups excluding carboxylic acids is 1. The Kier molecular flexibility index (Phi) is 5.21. The molecule has 0 atom stereocenters. The van der Waals surface area contributed by atoms with Crippen molar-refractivity contribution in [3.63, 3.8) is 0 Å². The molecule has 1 aromatic heterocycles. The number of nitrogens with zero attached hydrogens (tertiary/aromatic N) is 1. The maximum atomic E-state index is 12.4. The standard InChI is InChI=1S/C16H20N2O3S2/c1-5-6-14-17-12(4)15(22-14)16(19)18-23(20,21)13-8-7-10(2)11(3)9-13/h7-9H,5-6H2,1-4H3,(H,18,19). The topological polar surface area (TPSA) is 76.1 Å². The fourth-order valence-electron chi connectivity index (χ4n) is 2.09. The fourth-order valence-corrected chi connectivity index (χ4v) is 4.26. The molecule has 1 N–H and O–H groups in total. The fraction of sp³-hybridized carbons (Fsp3) is 0.375. The smallest absolute Gasteiger partial charge is 0.267 e. The quantitative estimate of drug-likeness (QED) is 0.897. The number of hydrogen-bond donors (Lipinski definition) is 1. The van der Waals surface area contributed by atoms with Gasteiger partial charge in [0, 0.05) is 0 Å². The monoisotopic (exact) mass is 352 g/mol. The molecule has 124 valence electrons. The maximum absolute atomic E-state index is 12.4. The van der Waals surface area contributed by atoms with Gasteiger partial charge in [0.2, 0.25) is 0 Å². The first kappa shape index (κ1) is 17.6. The maximum Gasteiger partial charge on any atom is 0.276 e. The molecular formula is C16H20N2O3S2. The first-order valence-electron chi connectivity index (χ1n) is 7.35. The van der Waals surface area contributed by atoms with Crippen molar-refractivity contribution < 1.29 is 13.2 Å². The Labute approximate surface area is 140 Å². The summed E-state index contributed by atoms with van der Waals surface area (Å²) in [5.41, 5.74) is 2.42. The van der Waals surface area contributed by atoms with Crippen LogP contribution in [0.3, 0.4) is 0 Å². The second-order valence-corrected chi connectivity index (χ2v) is 8.22. The molecule has 0 aliphatic rings. The number of nitrogens with one attached hydrogen (secondary N) is 1. The summed E-state index contributed by atoms with van der Waals surface area (Å²) in [6.07, 6.45) is 1.71. The summed E-state index contributed by atoms with van der Waals surface area (Å²) >= 11 is 1.25. The highest BCUT2D eigenvalue weighted by Gasteiger charge is 2.22. The third kappa shape index (κ3) is 3.97. The van der Waals surface area contributed by atoms with Gasteiger partial charge in [0.15, 0.2) is 0 Å². The summed E-state index contributed by atoms with van der Waals surface area (Å²) in [5, 5.41) is 0.846. The average molecular weight is 352 g/mol. The molecule has 0 fully saturated rings. The average Bonchev–Trinajstić information content (AvgIpc) is 2.82. The van der Waals surface area contributed by atoms with E-state index in [-0.39, 0.29) is 4.90 Å². The second-order valence-electron chi connectivity index (χ2n) is 5.45. The molecule has 0 aliphatic heterocycles. The first-order chi connectivity index (χ1) is 10.7. The predicted molar refractivity (Wildman–Crippen MR) is 91.4 cm³/mol. The summed E-state index contributed by atoms with van der Waals surface area (Å²) in [6, 6.07) is 4.79. The molecule has 7 heteroatoms. The summed E-state index contributed by atoms with van der Waals surface area (Å²) in [5.74, 6) is -0.624. The van der Waals surface area contributed by atoms with Gasteiger partial charge in [0.25, 0.3) is 15.9 Å². The number of sulfonamides is 1. The summed E-state index contributed by atoms with van der Waals surface area (Å²) in [4.78, 5) is 17.1. The van der Waals surface area contributed by atoms with E-state index in [4.69, 9.17) is 0 Å². The van der Waals surface area contributed by atoms with Crippen LogP contribution in [0.25, 0.3) is 0 Å². The highest BCUT2D eigenvalue weighted by molar-refractivity contribution is 7.90. The van der Waals surface area contributed by atoms with Gasteiger partial charge in [-0.1, -0.05) is 13.0 Å². The van der Waals surface area contributed by atoms with Crippen LogP contribution in [-0.4, -0.2) is 19.3 Å². The van der Waals surface area contributed by atoms with E-state index < -0.39 is 15.9 Å². The number of amides is 1. The molecule has 0 saturated carbocycles. The van der Waals surface area contributed by atoms with Crippen molar-refractivity contribution in [2.45, 2.75) is 45.4 Å². The van der Waals surface area contributed by atoms with Crippen molar-refractivity contribution in [1.82, 2.24) is 9.71 Å². The van der Waals surface area contributed by atoms with Gasteiger partial charge in [0.1, 0.15) is 4.88 Å². The van der Waals surface area contributed by atoms with Gasteiger partial charge >= 0.3 is 0 Å². The van der Waals surface area contributed by atoms with Crippen molar-refractivity contribution in [1.29, 1.82) is 0 Å². The summed E-state index contributed by atoms with van der Waals surface area (Å²) < 4.78 is 26.9. The van der Waals surface area contributed by atoms with Gasteiger partial charge in [-0.2, -0.15) is 0 Å². The lowest BCUT2D eigenvalue weighted by Crippen LogP contribution is -2.30. The van der Waals surface area contributed by atoms with Crippen LogP contribution in [0.4, 0.5) is 0 Å². The molecule has 2 rings (SSSR count). The van der Waals surface area contributed by atoms with E-state index in [1.54, 1.807) is 19.1 Å². The second kappa shape index (κ2) is 6.80. The molecule has 0 bridgehead atoms. The van der Waals surface area contributed by atoms with Gasteiger partial charge < -0.3 is 0 Å². The number of carbonyl (C=O) groups is 1. The van der Waals surface area contributed by atoms with E-state index >= 15 is 0 Å². The summed E-state index contributed by atoms with van der Waals surface area (Å²) in [6.45, 7) is 7.48. The van der Waals surface area contributed by atoms with Crippen molar-refractivity contribution in [3.8, 4) is 0 Å². The van der Waals surface area contributed by atoms with Gasteiger partial charge in [0.05, 0.1) is 15.6 Å². The minimum Gasteiger partial charge on any atom is -0.267 e. The van der Waals surface area contributed by atoms with E-state index in [9.17, 15) is 13.2 Å². The van der Waals surface area contributed by atoms with E-state index in [2.05, 4.69) is 9.71 Å². The van der Waals surface area contributed by atoms with Crippen molar-refractivity contribution >= 4 is 27.3 Å². The lowest BCUT2D eigenvalue weighted by Gasteiger charge is -2.08. The van der Waals surface area contributed by atoms with Gasteiger partial charge in [-0.15, -0.1) is 11.3 Å². The van der Waals surface area contributed by atoms with Crippen molar-refractivity contribution in [3.05, 3.63) is 44.9 Å². The van der Waals surface area contributed by atoms with Crippen LogP contribution < -0.4 is 4.72 Å². The van der Waals surface area contributed by atoms with Gasteiger partial charge in [-0.05, 0) is 56.9 Å². The zero-order valence-corrected chi connectivity index (χ0v) is 15.3. The largest absolute Gasteiger partial charge is 0.276 e. The molecule has 23 heavy (non-hydrogen) atoms. The molecule has 2 aromatic rings. The number of aromatic nitrogens is 1. The predicted octanol–water partition coefficient (Wildman–Crippen LogP) is 3.14. The van der Waals surface area contributed by atoms with E-state index in [1.165, 1.54) is 17.4 Å². The minimum atomic E-state index is -3.89. The normalized spacial score (nSPS) is 11.5. The molecule has 0 aliphatic carbocycles. The highest BCUT2D eigenvalue weighted by Crippen LogP contribution is 2.21. The number of aryl methyl sites for hydroxylation is 4. The number of rotatable bonds is 5. The van der Waals surface area contributed by atoms with Gasteiger partial charge in [-0.3, -0.25) is 4.79 Å². The highest BCUT2D eigenvalue weighted by atomic mass is 32.2. The Hall–Kier alpha value is -1.73. The molecule has 1 amide bonds. The molecule has 1 heterocycles. The molecule has 1 aromatic carbocycles. The van der Waals surface area contributed by atoms with Crippen LogP contribution in [0.1, 0.15) is 44.8 Å².